The van der Waals surface area contributed by atoms with E-state index in [-0.39, 0.29) is 5.91 Å². The lowest BCUT2D eigenvalue weighted by molar-refractivity contribution is 0.0729. The van der Waals surface area contributed by atoms with Crippen molar-refractivity contribution >= 4 is 21.6 Å². The Balaban J connectivity index is 1.63. The lowest BCUT2D eigenvalue weighted by Gasteiger charge is -2.23. The van der Waals surface area contributed by atoms with Gasteiger partial charge in [0.15, 0.2) is 0 Å². The number of hydrogen-bond donors (Lipinski definition) is 0. The summed E-state index contributed by atoms with van der Waals surface area (Å²) in [6.45, 7) is 1.26. The van der Waals surface area contributed by atoms with Gasteiger partial charge >= 0.3 is 0 Å². The van der Waals surface area contributed by atoms with Crippen molar-refractivity contribution in [1.29, 1.82) is 0 Å². The summed E-state index contributed by atoms with van der Waals surface area (Å²) in [6.07, 6.45) is 8.66. The number of pyridine rings is 2. The third kappa shape index (κ3) is 4.33. The van der Waals surface area contributed by atoms with Crippen LogP contribution in [0.3, 0.4) is 0 Å². The van der Waals surface area contributed by atoms with Crippen LogP contribution in [0.25, 0.3) is 0 Å². The van der Waals surface area contributed by atoms with E-state index >= 15 is 0 Å². The molecule has 0 bridgehead atoms. The van der Waals surface area contributed by atoms with Crippen molar-refractivity contribution in [1.82, 2.24) is 14.9 Å². The predicted molar refractivity (Wildman–Crippen MR) is 114 cm³/mol. The minimum atomic E-state index is -3.32. The highest BCUT2D eigenvalue weighted by atomic mass is 32.2. The molecular weight excluding hydrogens is 400 g/mol. The zero-order chi connectivity index (χ0) is 21.1. The Morgan fingerprint density at radius 3 is 2.50 bits per heavy atom. The highest BCUT2D eigenvalue weighted by Gasteiger charge is 2.27. The van der Waals surface area contributed by atoms with Crippen LogP contribution < -0.4 is 4.31 Å². The van der Waals surface area contributed by atoms with Crippen LogP contribution in [0.2, 0.25) is 0 Å². The van der Waals surface area contributed by atoms with E-state index in [1.54, 1.807) is 41.8 Å². The normalized spacial score (nSPS) is 13.2. The van der Waals surface area contributed by atoms with Crippen LogP contribution >= 0.6 is 0 Å². The summed E-state index contributed by atoms with van der Waals surface area (Å²) in [5.74, 6) is -0.115. The van der Waals surface area contributed by atoms with Crippen molar-refractivity contribution in [2.75, 3.05) is 17.1 Å². The minimum Gasteiger partial charge on any atom is -0.330 e. The van der Waals surface area contributed by atoms with Crippen molar-refractivity contribution in [3.8, 4) is 0 Å². The Morgan fingerprint density at radius 2 is 1.80 bits per heavy atom. The fraction of sp³-hybridized carbons (Fsp3) is 0.227. The highest BCUT2D eigenvalue weighted by Crippen LogP contribution is 2.31. The molecule has 1 aliphatic heterocycles. The Bertz CT molecular complexity index is 1110. The molecular formula is C22H22N4O3S. The average molecular weight is 423 g/mol. The van der Waals surface area contributed by atoms with Crippen molar-refractivity contribution in [3.05, 3.63) is 89.5 Å². The molecule has 0 fully saturated rings. The zero-order valence-corrected chi connectivity index (χ0v) is 17.4. The number of aromatic nitrogens is 2. The van der Waals surface area contributed by atoms with E-state index < -0.39 is 10.0 Å². The SMILES string of the molecule is CS(=O)(=O)N1CCc2cc(C(=O)N(Cc3ccncc3)Cc3cccnc3)ccc21. The lowest BCUT2D eigenvalue weighted by Crippen LogP contribution is -2.30. The number of carbonyl (C=O) groups excluding carboxylic acids is 1. The maximum absolute atomic E-state index is 13.4. The molecule has 4 rings (SSSR count). The van der Waals surface area contributed by atoms with E-state index in [9.17, 15) is 13.2 Å². The van der Waals surface area contributed by atoms with Gasteiger partial charge in [-0.3, -0.25) is 19.1 Å². The first-order chi connectivity index (χ1) is 14.4. The van der Waals surface area contributed by atoms with Crippen molar-refractivity contribution < 1.29 is 13.2 Å². The fourth-order valence-corrected chi connectivity index (χ4v) is 4.61. The number of fused-ring (bicyclic) bond motifs is 1. The summed E-state index contributed by atoms with van der Waals surface area (Å²) in [7, 11) is -3.32. The molecule has 2 aromatic heterocycles. The lowest BCUT2D eigenvalue weighted by atomic mass is 10.1. The maximum Gasteiger partial charge on any atom is 0.254 e. The van der Waals surface area contributed by atoms with Crippen LogP contribution in [0.15, 0.2) is 67.3 Å². The number of hydrogen-bond acceptors (Lipinski definition) is 5. The Hall–Kier alpha value is -3.26. The van der Waals surface area contributed by atoms with Gasteiger partial charge in [0, 0.05) is 50.0 Å². The molecule has 0 saturated carbocycles. The minimum absolute atomic E-state index is 0.115. The molecule has 0 radical (unpaired) electrons. The van der Waals surface area contributed by atoms with Gasteiger partial charge in [0.05, 0.1) is 11.9 Å². The van der Waals surface area contributed by atoms with Gasteiger partial charge in [-0.15, -0.1) is 0 Å². The number of sulfonamides is 1. The number of rotatable bonds is 6. The predicted octanol–water partition coefficient (Wildman–Crippen LogP) is 2.64. The van der Waals surface area contributed by atoms with Gasteiger partial charge in [-0.05, 0) is 59.5 Å². The molecule has 0 atom stereocenters. The maximum atomic E-state index is 13.4. The first-order valence-electron chi connectivity index (χ1n) is 9.59. The summed E-state index contributed by atoms with van der Waals surface area (Å²) < 4.78 is 25.3. The van der Waals surface area contributed by atoms with Crippen molar-refractivity contribution in [2.24, 2.45) is 0 Å². The third-order valence-corrected chi connectivity index (χ3v) is 6.27. The highest BCUT2D eigenvalue weighted by molar-refractivity contribution is 7.92. The van der Waals surface area contributed by atoms with Crippen LogP contribution in [-0.4, -0.2) is 42.0 Å². The largest absolute Gasteiger partial charge is 0.330 e. The molecule has 154 valence electrons. The van der Waals surface area contributed by atoms with E-state index in [4.69, 9.17) is 0 Å². The van der Waals surface area contributed by atoms with Crippen molar-refractivity contribution in [3.63, 3.8) is 0 Å². The van der Waals surface area contributed by atoms with E-state index in [2.05, 4.69) is 9.97 Å². The molecule has 1 amide bonds. The summed E-state index contributed by atoms with van der Waals surface area (Å²) in [5.41, 5.74) is 3.98. The van der Waals surface area contributed by atoms with E-state index in [1.807, 2.05) is 30.3 Å². The van der Waals surface area contributed by atoms with Gasteiger partial charge in [0.2, 0.25) is 10.0 Å². The van der Waals surface area contributed by atoms with E-state index in [1.165, 1.54) is 10.6 Å². The molecule has 3 heterocycles. The second kappa shape index (κ2) is 8.23. The molecule has 8 heteroatoms. The van der Waals surface area contributed by atoms with E-state index in [0.717, 1.165) is 16.7 Å². The molecule has 1 aliphatic rings. The standard InChI is InChI=1S/C22H22N4O3S/c1-30(28,29)26-12-8-19-13-20(4-5-21(19)26)22(27)25(15-17-6-10-23-11-7-17)16-18-3-2-9-24-14-18/h2-7,9-11,13-14H,8,12,15-16H2,1H3. The Kier molecular flexibility index (Phi) is 5.50. The number of carbonyl (C=O) groups is 1. The third-order valence-electron chi connectivity index (χ3n) is 5.09. The molecule has 1 aromatic carbocycles. The van der Waals surface area contributed by atoms with E-state index in [0.29, 0.717) is 37.3 Å². The smallest absolute Gasteiger partial charge is 0.254 e. The van der Waals surface area contributed by atoms with Crippen LogP contribution in [-0.2, 0) is 29.5 Å². The quantitative estimate of drug-likeness (QED) is 0.610. The summed E-state index contributed by atoms with van der Waals surface area (Å²) in [6, 6.07) is 12.8. The number of anilines is 1. The molecule has 3 aromatic rings. The van der Waals surface area contributed by atoms with Gasteiger partial charge in [-0.25, -0.2) is 8.42 Å². The molecule has 0 aliphatic carbocycles. The summed E-state index contributed by atoms with van der Waals surface area (Å²) in [4.78, 5) is 23.3. The van der Waals surface area contributed by atoms with Gasteiger partial charge in [-0.2, -0.15) is 0 Å². The topological polar surface area (TPSA) is 83.5 Å². The zero-order valence-electron chi connectivity index (χ0n) is 16.6. The van der Waals surface area contributed by atoms with Gasteiger partial charge in [0.1, 0.15) is 0 Å². The summed E-state index contributed by atoms with van der Waals surface area (Å²) >= 11 is 0. The Labute approximate surface area is 176 Å². The summed E-state index contributed by atoms with van der Waals surface area (Å²) in [5, 5.41) is 0. The van der Waals surface area contributed by atoms with Crippen LogP contribution in [0.4, 0.5) is 5.69 Å². The van der Waals surface area contributed by atoms with Crippen LogP contribution in [0.1, 0.15) is 27.0 Å². The van der Waals surface area contributed by atoms with Gasteiger partial charge < -0.3 is 4.90 Å². The number of benzene rings is 1. The average Bonchev–Trinajstić information content (AvgIpc) is 3.18. The van der Waals surface area contributed by atoms with Gasteiger partial charge in [-0.1, -0.05) is 6.07 Å². The Morgan fingerprint density at radius 1 is 1.03 bits per heavy atom. The van der Waals surface area contributed by atoms with Gasteiger partial charge in [0.25, 0.3) is 5.91 Å². The first kappa shape index (κ1) is 20.0. The van der Waals surface area contributed by atoms with Crippen LogP contribution in [0.5, 0.6) is 0 Å². The monoisotopic (exact) mass is 422 g/mol. The second-order valence-electron chi connectivity index (χ2n) is 7.31. The fourth-order valence-electron chi connectivity index (χ4n) is 3.65. The first-order valence-corrected chi connectivity index (χ1v) is 11.4. The molecule has 0 saturated heterocycles. The van der Waals surface area contributed by atoms with Crippen LogP contribution in [0, 0.1) is 0 Å². The molecule has 0 N–H and O–H groups in total. The molecule has 30 heavy (non-hydrogen) atoms. The molecule has 0 unspecified atom stereocenters. The molecule has 0 spiro atoms. The number of nitrogens with zero attached hydrogens (tertiary/aromatic N) is 4. The van der Waals surface area contributed by atoms with Crippen molar-refractivity contribution in [2.45, 2.75) is 19.5 Å². The second-order valence-corrected chi connectivity index (χ2v) is 9.21. The number of amides is 1. The molecule has 7 nitrogen and oxygen atoms in total.